The quantitative estimate of drug-likeness (QED) is 0.676. The molecule has 3 aromatic rings. The van der Waals surface area contributed by atoms with E-state index in [9.17, 15) is 9.90 Å². The minimum Gasteiger partial charge on any atom is -0.491 e. The molecule has 29 heavy (non-hydrogen) atoms. The summed E-state index contributed by atoms with van der Waals surface area (Å²) in [6, 6.07) is 11.6. The molecule has 0 aliphatic carbocycles. The molecule has 3 heterocycles. The Morgan fingerprint density at radius 3 is 3.00 bits per heavy atom. The summed E-state index contributed by atoms with van der Waals surface area (Å²) in [6.45, 7) is 3.96. The summed E-state index contributed by atoms with van der Waals surface area (Å²) < 4.78 is 7.68. The molecule has 0 saturated heterocycles. The third-order valence-electron chi connectivity index (χ3n) is 5.31. The molecule has 152 valence electrons. The molecular formula is C22H25N3O3S. The number of thiophene rings is 1. The van der Waals surface area contributed by atoms with E-state index in [1.54, 1.807) is 17.5 Å². The summed E-state index contributed by atoms with van der Waals surface area (Å²) in [5, 5.41) is 17.2. The second-order valence-electron chi connectivity index (χ2n) is 7.54. The van der Waals surface area contributed by atoms with E-state index in [0.717, 1.165) is 21.8 Å². The zero-order chi connectivity index (χ0) is 20.3. The van der Waals surface area contributed by atoms with Gasteiger partial charge in [0.1, 0.15) is 12.4 Å². The van der Waals surface area contributed by atoms with E-state index in [0.29, 0.717) is 39.1 Å². The molecule has 6 nitrogen and oxygen atoms in total. The van der Waals surface area contributed by atoms with Gasteiger partial charge in [0.2, 0.25) is 5.91 Å². The van der Waals surface area contributed by atoms with Gasteiger partial charge in [0.15, 0.2) is 0 Å². The summed E-state index contributed by atoms with van der Waals surface area (Å²) in [6.07, 6.45) is 4.57. The molecule has 2 aromatic heterocycles. The monoisotopic (exact) mass is 411 g/mol. The first-order valence-electron chi connectivity index (χ1n) is 9.77. The molecular weight excluding hydrogens is 386 g/mol. The van der Waals surface area contributed by atoms with Gasteiger partial charge in [-0.1, -0.05) is 12.1 Å². The van der Waals surface area contributed by atoms with Gasteiger partial charge in [-0.2, -0.15) is 5.10 Å². The van der Waals surface area contributed by atoms with Crippen molar-refractivity contribution in [2.45, 2.75) is 38.5 Å². The van der Waals surface area contributed by atoms with Crippen molar-refractivity contribution in [2.75, 3.05) is 13.2 Å². The van der Waals surface area contributed by atoms with Crippen molar-refractivity contribution in [1.29, 1.82) is 0 Å². The van der Waals surface area contributed by atoms with Crippen LogP contribution in [0, 0.1) is 0 Å². The zero-order valence-electron chi connectivity index (χ0n) is 16.5. The van der Waals surface area contributed by atoms with Gasteiger partial charge in [-0.3, -0.25) is 9.48 Å². The van der Waals surface area contributed by atoms with Crippen LogP contribution in [-0.4, -0.2) is 38.8 Å². The molecule has 1 aliphatic rings. The van der Waals surface area contributed by atoms with Crippen LogP contribution in [-0.2, 0) is 29.9 Å². The lowest BCUT2D eigenvalue weighted by atomic mass is 9.91. The Balaban J connectivity index is 1.49. The van der Waals surface area contributed by atoms with Crippen LogP contribution in [0.4, 0.5) is 0 Å². The molecule has 1 N–H and O–H groups in total. The molecule has 0 fully saturated rings. The SMILES string of the molecule is C[C@@](O)(CCn1cccn1)c1ccc2c(c1)CN(C(=O)Cc1cccs1)CCO2. The Morgan fingerprint density at radius 1 is 1.34 bits per heavy atom. The maximum Gasteiger partial charge on any atom is 0.228 e. The Labute approximate surface area is 174 Å². The average Bonchev–Trinajstić information content (AvgIpc) is 3.36. The number of benzene rings is 1. The number of carbonyl (C=O) groups excluding carboxylic acids is 1. The number of aryl methyl sites for hydroxylation is 1. The van der Waals surface area contributed by atoms with Crippen LogP contribution in [0.2, 0.25) is 0 Å². The maximum absolute atomic E-state index is 12.8. The number of rotatable bonds is 6. The topological polar surface area (TPSA) is 67.6 Å². The lowest BCUT2D eigenvalue weighted by molar-refractivity contribution is -0.131. The van der Waals surface area contributed by atoms with E-state index in [1.165, 1.54) is 0 Å². The molecule has 0 unspecified atom stereocenters. The smallest absolute Gasteiger partial charge is 0.228 e. The minimum absolute atomic E-state index is 0.0970. The van der Waals surface area contributed by atoms with Gasteiger partial charge in [0.25, 0.3) is 0 Å². The number of aliphatic hydroxyl groups is 1. The van der Waals surface area contributed by atoms with Crippen molar-refractivity contribution >= 4 is 17.2 Å². The fraction of sp³-hybridized carbons (Fsp3) is 0.364. The zero-order valence-corrected chi connectivity index (χ0v) is 17.3. The second kappa shape index (κ2) is 8.39. The highest BCUT2D eigenvalue weighted by molar-refractivity contribution is 7.10. The van der Waals surface area contributed by atoms with Crippen LogP contribution in [0.15, 0.2) is 54.2 Å². The first kappa shape index (κ1) is 19.7. The van der Waals surface area contributed by atoms with Crippen LogP contribution in [0.3, 0.4) is 0 Å². The number of fused-ring (bicyclic) bond motifs is 1. The number of amides is 1. The molecule has 1 aromatic carbocycles. The number of aromatic nitrogens is 2. The largest absolute Gasteiger partial charge is 0.491 e. The first-order chi connectivity index (χ1) is 14.0. The number of ether oxygens (including phenoxy) is 1. The van der Waals surface area contributed by atoms with E-state index in [4.69, 9.17) is 4.74 Å². The van der Waals surface area contributed by atoms with E-state index < -0.39 is 5.60 Å². The van der Waals surface area contributed by atoms with Gasteiger partial charge in [-0.25, -0.2) is 0 Å². The lowest BCUT2D eigenvalue weighted by Gasteiger charge is -2.25. The number of nitrogens with zero attached hydrogens (tertiary/aromatic N) is 3. The van der Waals surface area contributed by atoms with E-state index in [2.05, 4.69) is 5.10 Å². The van der Waals surface area contributed by atoms with E-state index >= 15 is 0 Å². The number of hydrogen-bond donors (Lipinski definition) is 1. The van der Waals surface area contributed by atoms with Crippen molar-refractivity contribution in [3.63, 3.8) is 0 Å². The average molecular weight is 412 g/mol. The van der Waals surface area contributed by atoms with Crippen molar-refractivity contribution in [3.8, 4) is 5.75 Å². The van der Waals surface area contributed by atoms with Crippen LogP contribution in [0.5, 0.6) is 5.75 Å². The van der Waals surface area contributed by atoms with Gasteiger partial charge in [-0.15, -0.1) is 11.3 Å². The van der Waals surface area contributed by atoms with Crippen molar-refractivity contribution in [3.05, 3.63) is 70.2 Å². The molecule has 0 saturated carbocycles. The van der Waals surface area contributed by atoms with Gasteiger partial charge >= 0.3 is 0 Å². The van der Waals surface area contributed by atoms with E-state index in [-0.39, 0.29) is 5.91 Å². The normalized spacial score (nSPS) is 15.9. The molecule has 4 rings (SSSR count). The summed E-state index contributed by atoms with van der Waals surface area (Å²) in [5.74, 6) is 0.878. The Morgan fingerprint density at radius 2 is 2.24 bits per heavy atom. The fourth-order valence-corrected chi connectivity index (χ4v) is 4.22. The Kier molecular flexibility index (Phi) is 5.69. The highest BCUT2D eigenvalue weighted by atomic mass is 32.1. The molecule has 0 radical (unpaired) electrons. The van der Waals surface area contributed by atoms with Gasteiger partial charge < -0.3 is 14.7 Å². The number of hydrogen-bond acceptors (Lipinski definition) is 5. The predicted octanol–water partition coefficient (Wildman–Crippen LogP) is 3.21. The van der Waals surface area contributed by atoms with Crippen LogP contribution < -0.4 is 4.74 Å². The highest BCUT2D eigenvalue weighted by Gasteiger charge is 2.26. The lowest BCUT2D eigenvalue weighted by Crippen LogP contribution is -2.33. The molecule has 1 atom stereocenters. The van der Waals surface area contributed by atoms with E-state index in [1.807, 2.05) is 64.5 Å². The van der Waals surface area contributed by atoms with Crippen molar-refractivity contribution in [1.82, 2.24) is 14.7 Å². The fourth-order valence-electron chi connectivity index (χ4n) is 3.53. The van der Waals surface area contributed by atoms with Crippen LogP contribution in [0.25, 0.3) is 0 Å². The van der Waals surface area contributed by atoms with Gasteiger partial charge in [0.05, 0.1) is 18.6 Å². The minimum atomic E-state index is -1.00. The van der Waals surface area contributed by atoms with Gasteiger partial charge in [0, 0.05) is 35.9 Å². The van der Waals surface area contributed by atoms with Crippen LogP contribution >= 0.6 is 11.3 Å². The third-order valence-corrected chi connectivity index (χ3v) is 6.18. The molecule has 1 aliphatic heterocycles. The number of carbonyl (C=O) groups is 1. The van der Waals surface area contributed by atoms with Crippen molar-refractivity contribution in [2.24, 2.45) is 0 Å². The van der Waals surface area contributed by atoms with Gasteiger partial charge in [-0.05, 0) is 48.6 Å². The third kappa shape index (κ3) is 4.68. The van der Waals surface area contributed by atoms with Crippen LogP contribution in [0.1, 0.15) is 29.3 Å². The molecule has 0 bridgehead atoms. The highest BCUT2D eigenvalue weighted by Crippen LogP contribution is 2.31. The summed E-state index contributed by atoms with van der Waals surface area (Å²) in [5.41, 5.74) is 0.748. The molecule has 0 spiro atoms. The first-order valence-corrected chi connectivity index (χ1v) is 10.7. The Hall–Kier alpha value is -2.64. The standard InChI is InChI=1S/C22H25N3O3S/c1-22(27,7-10-25-9-3-8-23-25)18-5-6-20-17(14-18)16-24(11-12-28-20)21(26)15-19-4-2-13-29-19/h2-6,8-9,13-14,27H,7,10-12,15-16H2,1H3/t22-/m1/s1. The Bertz CT molecular complexity index is 952. The summed E-state index contributed by atoms with van der Waals surface area (Å²) in [7, 11) is 0. The summed E-state index contributed by atoms with van der Waals surface area (Å²) >= 11 is 1.60. The summed E-state index contributed by atoms with van der Waals surface area (Å²) in [4.78, 5) is 15.7. The predicted molar refractivity (Wildman–Crippen MR) is 112 cm³/mol. The maximum atomic E-state index is 12.8. The molecule has 1 amide bonds. The van der Waals surface area contributed by atoms with Crippen molar-refractivity contribution < 1.29 is 14.6 Å². The second-order valence-corrected chi connectivity index (χ2v) is 8.57. The molecule has 7 heteroatoms.